The number of carbonyl (C=O) groups excluding carboxylic acids is 1. The van der Waals surface area contributed by atoms with Crippen LogP contribution in [0.4, 0.5) is 11.8 Å². The highest BCUT2D eigenvalue weighted by Gasteiger charge is 2.40. The quantitative estimate of drug-likeness (QED) is 0.565. The number of ether oxygens (including phenoxy) is 2. The zero-order valence-corrected chi connectivity index (χ0v) is 17.8. The summed E-state index contributed by atoms with van der Waals surface area (Å²) in [4.78, 5) is 32.9. The van der Waals surface area contributed by atoms with Crippen molar-refractivity contribution in [1.29, 1.82) is 5.26 Å². The molecule has 3 aromatic rings. The highest BCUT2D eigenvalue weighted by atomic mass is 16.6. The largest absolute Gasteiger partial charge is 0.486 e. The standard InChI is InChI=1S/C24H21N5O4/c1-13-2-5-15(6-3-13)19-16(11-25)22(30)27-21-20(19)23(31)29-24(28-21)26-12-14-4-7-17-18(10-14)33-9-8-32-17/h2-7,10,16,19H,8-9,12H2,1H3,(H3,26,27,28,29,30,31). The predicted octanol–water partition coefficient (Wildman–Crippen LogP) is 2.69. The van der Waals surface area contributed by atoms with Crippen LogP contribution in [0, 0.1) is 24.2 Å². The maximum absolute atomic E-state index is 13.1. The number of hydrogen-bond acceptors (Lipinski definition) is 7. The fourth-order valence-electron chi connectivity index (χ4n) is 4.11. The van der Waals surface area contributed by atoms with Crippen molar-refractivity contribution in [2.24, 2.45) is 5.92 Å². The van der Waals surface area contributed by atoms with Gasteiger partial charge in [-0.05, 0) is 30.2 Å². The van der Waals surface area contributed by atoms with E-state index < -0.39 is 23.3 Å². The Morgan fingerprint density at radius 1 is 1.12 bits per heavy atom. The van der Waals surface area contributed by atoms with E-state index >= 15 is 0 Å². The van der Waals surface area contributed by atoms with Gasteiger partial charge in [-0.2, -0.15) is 10.2 Å². The molecule has 2 aromatic carbocycles. The van der Waals surface area contributed by atoms with Crippen molar-refractivity contribution in [3.8, 4) is 17.6 Å². The lowest BCUT2D eigenvalue weighted by Crippen LogP contribution is -2.38. The first-order chi connectivity index (χ1) is 16.0. The van der Waals surface area contributed by atoms with Gasteiger partial charge in [0.05, 0.1) is 11.6 Å². The molecule has 9 nitrogen and oxygen atoms in total. The van der Waals surface area contributed by atoms with Crippen LogP contribution in [-0.4, -0.2) is 29.1 Å². The van der Waals surface area contributed by atoms with Crippen molar-refractivity contribution in [1.82, 2.24) is 9.97 Å². The molecule has 33 heavy (non-hydrogen) atoms. The molecule has 3 heterocycles. The molecule has 2 atom stereocenters. The zero-order valence-electron chi connectivity index (χ0n) is 17.8. The number of H-pyrrole nitrogens is 1. The van der Waals surface area contributed by atoms with Crippen molar-refractivity contribution in [2.45, 2.75) is 19.4 Å². The molecule has 3 N–H and O–H groups in total. The summed E-state index contributed by atoms with van der Waals surface area (Å²) < 4.78 is 11.1. The summed E-state index contributed by atoms with van der Waals surface area (Å²) in [7, 11) is 0. The number of amides is 1. The van der Waals surface area contributed by atoms with Crippen LogP contribution in [0.1, 0.15) is 28.2 Å². The van der Waals surface area contributed by atoms with Crippen molar-refractivity contribution in [3.63, 3.8) is 0 Å². The predicted molar refractivity (Wildman–Crippen MR) is 120 cm³/mol. The molecule has 2 unspecified atom stereocenters. The summed E-state index contributed by atoms with van der Waals surface area (Å²) in [6, 6.07) is 15.1. The van der Waals surface area contributed by atoms with Crippen molar-refractivity contribution in [2.75, 3.05) is 23.8 Å². The summed E-state index contributed by atoms with van der Waals surface area (Å²) in [5.74, 6) is -0.476. The highest BCUT2D eigenvalue weighted by molar-refractivity contribution is 5.97. The Morgan fingerprint density at radius 3 is 2.64 bits per heavy atom. The Balaban J connectivity index is 1.45. The van der Waals surface area contributed by atoms with E-state index in [1.54, 1.807) is 0 Å². The Hall–Kier alpha value is -4.32. The number of carbonyl (C=O) groups is 1. The lowest BCUT2D eigenvalue weighted by Gasteiger charge is -2.28. The fourth-order valence-corrected chi connectivity index (χ4v) is 4.11. The molecule has 5 rings (SSSR count). The van der Waals surface area contributed by atoms with E-state index in [9.17, 15) is 14.9 Å². The molecule has 0 aliphatic carbocycles. The second kappa shape index (κ2) is 8.31. The van der Waals surface area contributed by atoms with Gasteiger partial charge in [-0.3, -0.25) is 14.6 Å². The van der Waals surface area contributed by atoms with Crippen LogP contribution in [-0.2, 0) is 11.3 Å². The highest BCUT2D eigenvalue weighted by Crippen LogP contribution is 2.38. The van der Waals surface area contributed by atoms with Gasteiger partial charge >= 0.3 is 0 Å². The van der Waals surface area contributed by atoms with E-state index in [-0.39, 0.29) is 17.3 Å². The number of aromatic amines is 1. The maximum atomic E-state index is 13.1. The Bertz CT molecular complexity index is 1330. The van der Waals surface area contributed by atoms with E-state index in [4.69, 9.17) is 9.47 Å². The van der Waals surface area contributed by atoms with Gasteiger partial charge in [-0.1, -0.05) is 35.9 Å². The summed E-state index contributed by atoms with van der Waals surface area (Å²) in [5, 5.41) is 15.3. The van der Waals surface area contributed by atoms with Crippen LogP contribution in [0.25, 0.3) is 0 Å². The monoisotopic (exact) mass is 443 g/mol. The number of aromatic nitrogens is 2. The SMILES string of the molecule is Cc1ccc(C2c3c(nc(NCc4ccc5c(c4)OCCO5)[nH]c3=O)NC(=O)C2C#N)cc1. The van der Waals surface area contributed by atoms with Gasteiger partial charge in [0, 0.05) is 12.5 Å². The second-order valence-electron chi connectivity index (χ2n) is 7.99. The number of nitrogens with zero attached hydrogens (tertiary/aromatic N) is 2. The number of hydrogen-bond donors (Lipinski definition) is 3. The van der Waals surface area contributed by atoms with Crippen molar-refractivity contribution in [3.05, 3.63) is 75.1 Å². The van der Waals surface area contributed by atoms with Gasteiger partial charge in [0.1, 0.15) is 24.9 Å². The minimum atomic E-state index is -1.03. The fraction of sp³-hybridized carbons (Fsp3) is 0.250. The zero-order chi connectivity index (χ0) is 22.9. The third kappa shape index (κ3) is 3.87. The number of aryl methyl sites for hydroxylation is 1. The lowest BCUT2D eigenvalue weighted by molar-refractivity contribution is -0.119. The Kier molecular flexibility index (Phi) is 5.18. The van der Waals surface area contributed by atoms with Gasteiger partial charge in [0.25, 0.3) is 5.56 Å². The number of rotatable bonds is 4. The summed E-state index contributed by atoms with van der Waals surface area (Å²) in [6.45, 7) is 3.33. The van der Waals surface area contributed by atoms with Crippen LogP contribution in [0.3, 0.4) is 0 Å². The first-order valence-corrected chi connectivity index (χ1v) is 10.6. The Labute approximate surface area is 189 Å². The van der Waals surface area contributed by atoms with Crippen molar-refractivity contribution >= 4 is 17.7 Å². The second-order valence-corrected chi connectivity index (χ2v) is 7.99. The number of nitrogens with one attached hydrogen (secondary N) is 3. The number of fused-ring (bicyclic) bond motifs is 2. The van der Waals surface area contributed by atoms with Crippen LogP contribution in [0.5, 0.6) is 11.5 Å². The third-order valence-electron chi connectivity index (χ3n) is 5.77. The molecule has 0 saturated heterocycles. The maximum Gasteiger partial charge on any atom is 0.258 e. The molecular weight excluding hydrogens is 422 g/mol. The first kappa shape index (κ1) is 20.6. The molecule has 2 aliphatic heterocycles. The summed E-state index contributed by atoms with van der Waals surface area (Å²) >= 11 is 0. The summed E-state index contributed by atoms with van der Waals surface area (Å²) in [6.07, 6.45) is 0. The van der Waals surface area contributed by atoms with Crippen LogP contribution >= 0.6 is 0 Å². The van der Waals surface area contributed by atoms with E-state index in [1.807, 2.05) is 55.5 Å². The lowest BCUT2D eigenvalue weighted by atomic mass is 9.79. The van der Waals surface area contributed by atoms with E-state index in [0.717, 1.165) is 11.1 Å². The molecule has 0 bridgehead atoms. The molecule has 1 aromatic heterocycles. The number of benzene rings is 2. The molecule has 0 fully saturated rings. The Morgan fingerprint density at radius 2 is 1.88 bits per heavy atom. The molecular formula is C24H21N5O4. The van der Waals surface area contributed by atoms with Gasteiger partial charge < -0.3 is 20.1 Å². The van der Waals surface area contributed by atoms with E-state index in [0.29, 0.717) is 36.8 Å². The van der Waals surface area contributed by atoms with Crippen LogP contribution < -0.4 is 25.7 Å². The first-order valence-electron chi connectivity index (χ1n) is 10.6. The van der Waals surface area contributed by atoms with Gasteiger partial charge in [0.2, 0.25) is 11.9 Å². The molecule has 166 valence electrons. The van der Waals surface area contributed by atoms with Crippen molar-refractivity contribution < 1.29 is 14.3 Å². The molecule has 2 aliphatic rings. The average Bonchev–Trinajstić information content (AvgIpc) is 2.82. The normalized spacial score (nSPS) is 18.6. The minimum Gasteiger partial charge on any atom is -0.486 e. The molecule has 9 heteroatoms. The van der Waals surface area contributed by atoms with Crippen LogP contribution in [0.2, 0.25) is 0 Å². The van der Waals surface area contributed by atoms with Gasteiger partial charge in [-0.15, -0.1) is 0 Å². The minimum absolute atomic E-state index is 0.158. The van der Waals surface area contributed by atoms with E-state index in [1.165, 1.54) is 0 Å². The van der Waals surface area contributed by atoms with Crippen LogP contribution in [0.15, 0.2) is 47.3 Å². The number of nitriles is 1. The summed E-state index contributed by atoms with van der Waals surface area (Å²) in [5.41, 5.74) is 2.53. The topological polar surface area (TPSA) is 129 Å². The van der Waals surface area contributed by atoms with Gasteiger partial charge in [-0.25, -0.2) is 0 Å². The third-order valence-corrected chi connectivity index (χ3v) is 5.77. The molecule has 1 amide bonds. The smallest absolute Gasteiger partial charge is 0.258 e. The number of anilines is 2. The molecule has 0 radical (unpaired) electrons. The molecule has 0 spiro atoms. The average molecular weight is 443 g/mol. The van der Waals surface area contributed by atoms with Gasteiger partial charge in [0.15, 0.2) is 11.5 Å². The molecule has 0 saturated carbocycles. The van der Waals surface area contributed by atoms with E-state index in [2.05, 4.69) is 20.6 Å².